The van der Waals surface area contributed by atoms with Gasteiger partial charge in [0.1, 0.15) is 41.5 Å². The second-order valence-electron chi connectivity index (χ2n) is 20.6. The number of hydrogen-bond acceptors (Lipinski definition) is 11. The van der Waals surface area contributed by atoms with E-state index < -0.39 is 46.2 Å². The van der Waals surface area contributed by atoms with E-state index in [2.05, 4.69) is 54.7 Å². The van der Waals surface area contributed by atoms with Gasteiger partial charge < -0.3 is 40.2 Å². The maximum absolute atomic E-state index is 14.2. The number of carbonyl (C=O) groups is 4. The number of amides is 4. The highest BCUT2D eigenvalue weighted by atomic mass is 35.5. The predicted octanol–water partition coefficient (Wildman–Crippen LogP) is 8.46. The zero-order valence-corrected chi connectivity index (χ0v) is 43.1. The van der Waals surface area contributed by atoms with Crippen molar-refractivity contribution in [2.75, 3.05) is 19.8 Å². The molecule has 3 atom stereocenters. The van der Waals surface area contributed by atoms with Crippen LogP contribution in [0.5, 0.6) is 17.2 Å². The molecule has 2 heterocycles. The summed E-state index contributed by atoms with van der Waals surface area (Å²) in [5, 5.41) is 29.2. The number of aromatic nitrogens is 1. The van der Waals surface area contributed by atoms with Gasteiger partial charge in [-0.25, -0.2) is 4.98 Å². The van der Waals surface area contributed by atoms with E-state index in [0.717, 1.165) is 27.3 Å². The van der Waals surface area contributed by atoms with Crippen LogP contribution in [0.2, 0.25) is 5.02 Å². The molecule has 1 aliphatic carbocycles. The number of aliphatic hydroxyl groups is 1. The van der Waals surface area contributed by atoms with Gasteiger partial charge in [0.25, 0.3) is 11.8 Å². The largest absolute Gasteiger partial charge is 0.494 e. The fourth-order valence-electron chi connectivity index (χ4n) is 9.94. The number of ether oxygens (including phenoxy) is 3. The van der Waals surface area contributed by atoms with Gasteiger partial charge in [-0.3, -0.25) is 19.2 Å². The second-order valence-corrected chi connectivity index (χ2v) is 21.9. The van der Waals surface area contributed by atoms with Crippen LogP contribution in [0.3, 0.4) is 0 Å². The van der Waals surface area contributed by atoms with E-state index in [4.69, 9.17) is 25.8 Å². The van der Waals surface area contributed by atoms with E-state index >= 15 is 0 Å². The smallest absolute Gasteiger partial charge is 0.258 e. The number of aryl methyl sites for hydroxylation is 2. The van der Waals surface area contributed by atoms with Crippen molar-refractivity contribution in [3.05, 3.63) is 129 Å². The predicted molar refractivity (Wildman–Crippen MR) is 273 cm³/mol. The number of nitriles is 1. The van der Waals surface area contributed by atoms with Gasteiger partial charge in [0.15, 0.2) is 6.61 Å². The third kappa shape index (κ3) is 12.2. The molecule has 1 aromatic heterocycles. The minimum atomic E-state index is -1.00. The lowest BCUT2D eigenvalue weighted by atomic mass is 9.49. The van der Waals surface area contributed by atoms with E-state index in [1.807, 2.05) is 75.7 Å². The summed E-state index contributed by atoms with van der Waals surface area (Å²) in [5.41, 5.74) is 4.90. The molecule has 71 heavy (non-hydrogen) atoms. The molecule has 4 aromatic carbocycles. The van der Waals surface area contributed by atoms with E-state index in [-0.39, 0.29) is 50.1 Å². The van der Waals surface area contributed by atoms with E-state index in [9.17, 15) is 29.5 Å². The molecular weight excluding hydrogens is 940 g/mol. The molecule has 374 valence electrons. The van der Waals surface area contributed by atoms with Gasteiger partial charge in [-0.05, 0) is 84.3 Å². The summed E-state index contributed by atoms with van der Waals surface area (Å²) in [6, 6.07) is 27.3. The lowest BCUT2D eigenvalue weighted by Gasteiger charge is -2.63. The number of thiazole rings is 1. The van der Waals surface area contributed by atoms with Crippen molar-refractivity contribution in [3.63, 3.8) is 0 Å². The number of carbonyl (C=O) groups excluding carboxylic acids is 4. The Kier molecular flexibility index (Phi) is 16.1. The van der Waals surface area contributed by atoms with Crippen LogP contribution in [0.25, 0.3) is 10.4 Å². The van der Waals surface area contributed by atoms with Gasteiger partial charge in [-0.15, -0.1) is 11.3 Å². The fourth-order valence-corrected chi connectivity index (χ4v) is 11.0. The maximum atomic E-state index is 14.2. The van der Waals surface area contributed by atoms with Gasteiger partial charge in [-0.2, -0.15) is 5.26 Å². The SMILES string of the molecule is Cc1ncsc1-c1ccc(CNC(=O)[C@@H]2C[C@@H](O)CN2C(=O)[C@@H](NC(=O)COc2ccccc2CCCOc2ccc(C(=O)NC3C(C)(C)C(Oc4ccc(C#N)c(Cl)c4)C3(C)C)cc2)C(C)(C)C)cc1. The first-order valence-electron chi connectivity index (χ1n) is 23.8. The van der Waals surface area contributed by atoms with Crippen LogP contribution in [-0.2, 0) is 27.3 Å². The monoisotopic (exact) mass is 1000 g/mol. The summed E-state index contributed by atoms with van der Waals surface area (Å²) in [4.78, 5) is 61.4. The van der Waals surface area contributed by atoms with Crippen molar-refractivity contribution >= 4 is 46.6 Å². The zero-order valence-electron chi connectivity index (χ0n) is 41.5. The highest BCUT2D eigenvalue weighted by Gasteiger charge is 2.64. The number of para-hydroxylation sites is 1. The Balaban J connectivity index is 0.863. The lowest BCUT2D eigenvalue weighted by molar-refractivity contribution is -0.164. The van der Waals surface area contributed by atoms with E-state index in [0.29, 0.717) is 52.8 Å². The molecule has 4 N–H and O–H groups in total. The molecule has 1 aliphatic heterocycles. The highest BCUT2D eigenvalue weighted by molar-refractivity contribution is 7.13. The number of nitrogens with zero attached hydrogens (tertiary/aromatic N) is 3. The van der Waals surface area contributed by atoms with Crippen LogP contribution in [0.15, 0.2) is 96.5 Å². The molecule has 0 spiro atoms. The highest BCUT2D eigenvalue weighted by Crippen LogP contribution is 2.55. The molecule has 16 heteroatoms. The van der Waals surface area contributed by atoms with Crippen LogP contribution in [0.1, 0.15) is 94.1 Å². The maximum Gasteiger partial charge on any atom is 0.258 e. The first kappa shape index (κ1) is 52.4. The van der Waals surface area contributed by atoms with Gasteiger partial charge in [0, 0.05) is 48.0 Å². The summed E-state index contributed by atoms with van der Waals surface area (Å²) < 4.78 is 18.4. The molecule has 0 unspecified atom stereocenters. The van der Waals surface area contributed by atoms with Crippen LogP contribution in [0, 0.1) is 34.5 Å². The molecule has 2 fully saturated rings. The molecule has 14 nitrogen and oxygen atoms in total. The number of rotatable bonds is 18. The number of aliphatic hydroxyl groups excluding tert-OH is 1. The first-order valence-corrected chi connectivity index (χ1v) is 25.1. The van der Waals surface area contributed by atoms with E-state index in [1.165, 1.54) is 4.90 Å². The van der Waals surface area contributed by atoms with Crippen LogP contribution < -0.4 is 30.2 Å². The minimum Gasteiger partial charge on any atom is -0.494 e. The Morgan fingerprint density at radius 2 is 1.65 bits per heavy atom. The molecule has 0 bridgehead atoms. The number of benzene rings is 4. The summed E-state index contributed by atoms with van der Waals surface area (Å²) >= 11 is 7.82. The Labute approximate surface area is 425 Å². The Morgan fingerprint density at radius 1 is 0.958 bits per heavy atom. The Hall–Kier alpha value is -6.47. The summed E-state index contributed by atoms with van der Waals surface area (Å²) in [5.74, 6) is 0.161. The van der Waals surface area contributed by atoms with Crippen LogP contribution in [0.4, 0.5) is 0 Å². The number of hydrogen-bond donors (Lipinski definition) is 4. The number of halogens is 1. The van der Waals surface area contributed by atoms with Crippen LogP contribution >= 0.6 is 22.9 Å². The molecule has 1 saturated heterocycles. The van der Waals surface area contributed by atoms with Crippen LogP contribution in [-0.4, -0.2) is 88.7 Å². The van der Waals surface area contributed by atoms with Crippen molar-refractivity contribution in [2.24, 2.45) is 16.2 Å². The third-order valence-corrected chi connectivity index (χ3v) is 14.7. The molecule has 0 radical (unpaired) electrons. The molecule has 1 saturated carbocycles. The zero-order chi connectivity index (χ0) is 51.3. The molecular formula is C55H63ClN6O8S. The lowest BCUT2D eigenvalue weighted by Crippen LogP contribution is -2.74. The summed E-state index contributed by atoms with van der Waals surface area (Å²) in [6.45, 7) is 15.9. The number of likely N-dealkylation sites (tertiary alicyclic amines) is 1. The minimum absolute atomic E-state index is 0.0335. The fraction of sp³-hybridized carbons (Fsp3) is 0.418. The van der Waals surface area contributed by atoms with Gasteiger partial charge >= 0.3 is 0 Å². The molecule has 2 aliphatic rings. The molecule has 7 rings (SSSR count). The molecule has 4 amide bonds. The summed E-state index contributed by atoms with van der Waals surface area (Å²) in [7, 11) is 0. The van der Waals surface area contributed by atoms with Crippen molar-refractivity contribution in [3.8, 4) is 33.8 Å². The normalized spacial score (nSPS) is 19.4. The van der Waals surface area contributed by atoms with Gasteiger partial charge in [0.2, 0.25) is 11.8 Å². The third-order valence-electron chi connectivity index (χ3n) is 13.4. The number of nitrogens with one attached hydrogen (secondary N) is 3. The second kappa shape index (κ2) is 21.9. The molecule has 5 aromatic rings. The van der Waals surface area contributed by atoms with Crippen molar-refractivity contribution < 1.29 is 38.5 Å². The average Bonchev–Trinajstić information content (AvgIpc) is 3.96. The van der Waals surface area contributed by atoms with Gasteiger partial charge in [-0.1, -0.05) is 103 Å². The average molecular weight is 1000 g/mol. The number of β-amino-alcohol motifs (C(OH)–C–C–N with tert-alkyl or cyclic N) is 1. The summed E-state index contributed by atoms with van der Waals surface area (Å²) in [6.07, 6.45) is 0.192. The Morgan fingerprint density at radius 3 is 2.30 bits per heavy atom. The Bertz CT molecular complexity index is 2750. The standard InChI is InChI=1S/C55H63ClN6O8S/c1-33-46(71-32-59-33)36-17-15-34(16-18-36)29-58-49(66)43-26-39(63)30-62(43)50(67)47(53(2,3)4)60-45(64)31-69-44-14-10-9-12-35(44)13-11-25-68-40-22-19-37(20-23-40)48(65)61-51-54(5,6)52(55(51,7)8)70-41-24-21-38(28-57)42(56)27-41/h9-10,12,14-24,27,32,39,43,47,51-52,63H,11,13,25-26,29-31H2,1-8H3,(H,58,66)(H,60,64)(H,61,65)/t39-,43+,47-,51?,52?/m1/s1. The van der Waals surface area contributed by atoms with E-state index in [1.54, 1.807) is 59.9 Å². The first-order chi connectivity index (χ1) is 33.7. The van der Waals surface area contributed by atoms with Gasteiger partial charge in [0.05, 0.1) is 39.4 Å². The van der Waals surface area contributed by atoms with Crippen molar-refractivity contribution in [2.45, 2.75) is 112 Å². The quantitative estimate of drug-likeness (QED) is 0.0620. The van der Waals surface area contributed by atoms with Crippen molar-refractivity contribution in [1.82, 2.24) is 25.8 Å². The van der Waals surface area contributed by atoms with Crippen molar-refractivity contribution in [1.29, 1.82) is 5.26 Å². The topological polar surface area (TPSA) is 192 Å².